The fraction of sp³-hybridized carbons (Fsp3) is 0.308. The van der Waals surface area contributed by atoms with Crippen molar-refractivity contribution < 1.29 is 19.5 Å². The zero-order valence-electron chi connectivity index (χ0n) is 9.83. The Labute approximate surface area is 105 Å². The lowest BCUT2D eigenvalue weighted by Crippen LogP contribution is -2.25. The highest BCUT2D eigenvalue weighted by molar-refractivity contribution is 6.11. The Morgan fingerprint density at radius 1 is 1.33 bits per heavy atom. The van der Waals surface area contributed by atoms with Crippen LogP contribution in [-0.4, -0.2) is 29.7 Å². The van der Waals surface area contributed by atoms with Gasteiger partial charge in [0, 0.05) is 11.1 Å². The van der Waals surface area contributed by atoms with Gasteiger partial charge in [-0.3, -0.25) is 14.4 Å². The first-order valence-electron chi connectivity index (χ1n) is 5.63. The van der Waals surface area contributed by atoms with E-state index >= 15 is 0 Å². The molecule has 18 heavy (non-hydrogen) atoms. The third-order valence-electron chi connectivity index (χ3n) is 2.66. The SMILES string of the molecule is NCCC[C@H](C(=O)O)C(=O)c1ccccc1C=O. The van der Waals surface area contributed by atoms with Crippen molar-refractivity contribution in [2.45, 2.75) is 12.8 Å². The van der Waals surface area contributed by atoms with Gasteiger partial charge in [-0.1, -0.05) is 24.3 Å². The van der Waals surface area contributed by atoms with Crippen LogP contribution in [0.3, 0.4) is 0 Å². The summed E-state index contributed by atoms with van der Waals surface area (Å²) in [6.07, 6.45) is 1.18. The smallest absolute Gasteiger partial charge is 0.314 e. The minimum atomic E-state index is -1.19. The maximum absolute atomic E-state index is 12.1. The van der Waals surface area contributed by atoms with Gasteiger partial charge >= 0.3 is 5.97 Å². The first-order valence-corrected chi connectivity index (χ1v) is 5.63. The number of carboxylic acid groups (broad SMARTS) is 1. The Morgan fingerprint density at radius 2 is 2.00 bits per heavy atom. The summed E-state index contributed by atoms with van der Waals surface area (Å²) in [6, 6.07) is 6.17. The normalized spacial score (nSPS) is 11.8. The van der Waals surface area contributed by atoms with Crippen molar-refractivity contribution in [3.8, 4) is 0 Å². The molecule has 1 aromatic rings. The molecule has 0 saturated carbocycles. The Bertz CT molecular complexity index is 456. The Hall–Kier alpha value is -2.01. The van der Waals surface area contributed by atoms with Crippen LogP contribution in [-0.2, 0) is 4.79 Å². The fourth-order valence-electron chi connectivity index (χ4n) is 1.70. The van der Waals surface area contributed by atoms with Gasteiger partial charge in [-0.2, -0.15) is 0 Å². The lowest BCUT2D eigenvalue weighted by molar-refractivity contribution is -0.140. The molecule has 0 fully saturated rings. The minimum absolute atomic E-state index is 0.150. The first kappa shape index (κ1) is 14.1. The molecule has 0 bridgehead atoms. The van der Waals surface area contributed by atoms with Crippen LogP contribution < -0.4 is 5.73 Å². The van der Waals surface area contributed by atoms with Gasteiger partial charge in [-0.15, -0.1) is 0 Å². The number of carbonyl (C=O) groups is 3. The Kier molecular flexibility index (Phi) is 5.20. The van der Waals surface area contributed by atoms with Crippen molar-refractivity contribution in [2.24, 2.45) is 11.7 Å². The molecule has 0 aliphatic rings. The molecule has 0 unspecified atom stereocenters. The molecule has 3 N–H and O–H groups in total. The van der Waals surface area contributed by atoms with Crippen LogP contribution in [0.1, 0.15) is 33.6 Å². The summed E-state index contributed by atoms with van der Waals surface area (Å²) in [7, 11) is 0. The van der Waals surface area contributed by atoms with Crippen molar-refractivity contribution in [3.05, 3.63) is 35.4 Å². The maximum atomic E-state index is 12.1. The standard InChI is InChI=1S/C13H15NO4/c14-7-3-6-11(13(17)18)12(16)10-5-2-1-4-9(10)8-15/h1-2,4-5,8,11H,3,6-7,14H2,(H,17,18)/t11-/m0/s1. The highest BCUT2D eigenvalue weighted by Crippen LogP contribution is 2.17. The number of Topliss-reactive ketones (excluding diaryl/α,β-unsaturated/α-hetero) is 1. The molecule has 1 aromatic carbocycles. The molecule has 0 aliphatic heterocycles. The molecule has 1 atom stereocenters. The predicted molar refractivity (Wildman–Crippen MR) is 65.6 cm³/mol. The van der Waals surface area contributed by atoms with E-state index < -0.39 is 17.7 Å². The van der Waals surface area contributed by atoms with E-state index in [1.54, 1.807) is 12.1 Å². The van der Waals surface area contributed by atoms with Crippen LogP contribution in [0, 0.1) is 5.92 Å². The molecule has 0 radical (unpaired) electrons. The highest BCUT2D eigenvalue weighted by Gasteiger charge is 2.27. The van der Waals surface area contributed by atoms with Gasteiger partial charge in [-0.05, 0) is 19.4 Å². The number of hydrogen-bond acceptors (Lipinski definition) is 4. The van der Waals surface area contributed by atoms with Gasteiger partial charge in [0.15, 0.2) is 12.1 Å². The van der Waals surface area contributed by atoms with Gasteiger partial charge in [0.2, 0.25) is 0 Å². The van der Waals surface area contributed by atoms with Gasteiger partial charge in [0.05, 0.1) is 0 Å². The van der Waals surface area contributed by atoms with Crippen LogP contribution in [0.25, 0.3) is 0 Å². The fourth-order valence-corrected chi connectivity index (χ4v) is 1.70. The number of hydrogen-bond donors (Lipinski definition) is 2. The topological polar surface area (TPSA) is 97.5 Å². The monoisotopic (exact) mass is 249 g/mol. The number of rotatable bonds is 7. The summed E-state index contributed by atoms with van der Waals surface area (Å²) >= 11 is 0. The molecule has 0 heterocycles. The molecule has 5 nitrogen and oxygen atoms in total. The molecule has 5 heteroatoms. The number of benzene rings is 1. The third kappa shape index (κ3) is 3.24. The van der Waals surface area contributed by atoms with E-state index in [-0.39, 0.29) is 17.5 Å². The van der Waals surface area contributed by atoms with Crippen LogP contribution in [0.5, 0.6) is 0 Å². The molecular formula is C13H15NO4. The Balaban J connectivity index is 3.01. The van der Waals surface area contributed by atoms with Crippen LogP contribution in [0.15, 0.2) is 24.3 Å². The first-order chi connectivity index (χ1) is 8.61. The Morgan fingerprint density at radius 3 is 2.56 bits per heavy atom. The van der Waals surface area contributed by atoms with E-state index in [1.165, 1.54) is 12.1 Å². The quantitative estimate of drug-likeness (QED) is 0.428. The summed E-state index contributed by atoms with van der Waals surface area (Å²) < 4.78 is 0. The minimum Gasteiger partial charge on any atom is -0.481 e. The van der Waals surface area contributed by atoms with Gasteiger partial charge < -0.3 is 10.8 Å². The molecule has 96 valence electrons. The highest BCUT2D eigenvalue weighted by atomic mass is 16.4. The van der Waals surface area contributed by atoms with Crippen LogP contribution >= 0.6 is 0 Å². The van der Waals surface area contributed by atoms with Crippen molar-refractivity contribution >= 4 is 18.0 Å². The number of aliphatic carboxylic acids is 1. The number of carbonyl (C=O) groups excluding carboxylic acids is 2. The summed E-state index contributed by atoms with van der Waals surface area (Å²) in [6.45, 7) is 0.326. The van der Waals surface area contributed by atoms with E-state index in [9.17, 15) is 14.4 Å². The summed E-state index contributed by atoms with van der Waals surface area (Å²) in [5.41, 5.74) is 5.67. The van der Waals surface area contributed by atoms with Crippen molar-refractivity contribution in [2.75, 3.05) is 6.54 Å². The second-order valence-corrected chi connectivity index (χ2v) is 3.89. The second-order valence-electron chi connectivity index (χ2n) is 3.89. The largest absolute Gasteiger partial charge is 0.481 e. The predicted octanol–water partition coefficient (Wildman–Crippen LogP) is 1.12. The van der Waals surface area contributed by atoms with E-state index in [2.05, 4.69) is 0 Å². The van der Waals surface area contributed by atoms with Gasteiger partial charge in [-0.25, -0.2) is 0 Å². The molecule has 0 saturated heterocycles. The van der Waals surface area contributed by atoms with Crippen LogP contribution in [0.4, 0.5) is 0 Å². The molecule has 0 aromatic heterocycles. The zero-order valence-corrected chi connectivity index (χ0v) is 9.83. The van der Waals surface area contributed by atoms with E-state index in [4.69, 9.17) is 10.8 Å². The number of ketones is 1. The van der Waals surface area contributed by atoms with E-state index in [0.29, 0.717) is 19.3 Å². The van der Waals surface area contributed by atoms with Gasteiger partial charge in [0.1, 0.15) is 5.92 Å². The zero-order chi connectivity index (χ0) is 13.5. The molecule has 0 spiro atoms. The third-order valence-corrected chi connectivity index (χ3v) is 2.66. The summed E-state index contributed by atoms with van der Waals surface area (Å²) in [5.74, 6) is -2.87. The average Bonchev–Trinajstić information content (AvgIpc) is 2.38. The maximum Gasteiger partial charge on any atom is 0.314 e. The lowest BCUT2D eigenvalue weighted by Gasteiger charge is -2.11. The average molecular weight is 249 g/mol. The number of carboxylic acids is 1. The lowest BCUT2D eigenvalue weighted by atomic mass is 9.91. The van der Waals surface area contributed by atoms with Crippen molar-refractivity contribution in [1.29, 1.82) is 0 Å². The van der Waals surface area contributed by atoms with Crippen molar-refractivity contribution in [1.82, 2.24) is 0 Å². The second kappa shape index (κ2) is 6.66. The van der Waals surface area contributed by atoms with Gasteiger partial charge in [0.25, 0.3) is 0 Å². The molecular weight excluding hydrogens is 234 g/mol. The summed E-state index contributed by atoms with van der Waals surface area (Å²) in [5, 5.41) is 9.05. The molecule has 0 aliphatic carbocycles. The van der Waals surface area contributed by atoms with Crippen LogP contribution in [0.2, 0.25) is 0 Å². The molecule has 1 rings (SSSR count). The molecule has 0 amide bonds. The van der Waals surface area contributed by atoms with Crippen molar-refractivity contribution in [3.63, 3.8) is 0 Å². The summed E-state index contributed by atoms with van der Waals surface area (Å²) in [4.78, 5) is 34.0. The van der Waals surface area contributed by atoms with E-state index in [1.807, 2.05) is 0 Å². The number of aldehydes is 1. The van der Waals surface area contributed by atoms with E-state index in [0.717, 1.165) is 0 Å². The number of nitrogens with two attached hydrogens (primary N) is 1.